The third-order valence-electron chi connectivity index (χ3n) is 2.40. The molecule has 0 aromatic heterocycles. The highest BCUT2D eigenvalue weighted by Crippen LogP contribution is 2.35. The molecule has 0 bridgehead atoms. The van der Waals surface area contributed by atoms with Gasteiger partial charge in [-0.1, -0.05) is 11.6 Å². The first kappa shape index (κ1) is 13.2. The number of ether oxygens (including phenoxy) is 1. The van der Waals surface area contributed by atoms with Gasteiger partial charge >= 0.3 is 0 Å². The van der Waals surface area contributed by atoms with E-state index in [0.717, 1.165) is 0 Å². The third kappa shape index (κ3) is 2.76. The predicted molar refractivity (Wildman–Crippen MR) is 74.8 cm³/mol. The number of nitrogens with two attached hydrogens (primary N) is 1. The number of hydrogen-bond donors (Lipinski definition) is 1. The van der Waals surface area contributed by atoms with Gasteiger partial charge in [0, 0.05) is 11.1 Å². The van der Waals surface area contributed by atoms with Crippen LogP contribution in [-0.4, -0.2) is 0 Å². The summed E-state index contributed by atoms with van der Waals surface area (Å²) in [6.07, 6.45) is 0. The van der Waals surface area contributed by atoms with Crippen molar-refractivity contribution in [3.8, 4) is 11.5 Å². The molecule has 0 fully saturated rings. The predicted octanol–water partition coefficient (Wildman–Crippen LogP) is 4.92. The van der Waals surface area contributed by atoms with E-state index in [0.29, 0.717) is 26.6 Å². The molecular formula is C13H10BrClFNO. The zero-order chi connectivity index (χ0) is 13.3. The van der Waals surface area contributed by atoms with E-state index in [4.69, 9.17) is 22.1 Å². The highest BCUT2D eigenvalue weighted by Gasteiger charge is 2.09. The molecule has 2 nitrogen and oxygen atoms in total. The standard InChI is InChI=1S/C13H10BrClFNO/c1-7-4-13(11(17)6-10(7)16)18-12-3-2-8(15)5-9(12)14/h2-6H,17H2,1H3. The van der Waals surface area contributed by atoms with Crippen LogP contribution in [0.3, 0.4) is 0 Å². The van der Waals surface area contributed by atoms with Crippen LogP contribution in [-0.2, 0) is 0 Å². The van der Waals surface area contributed by atoms with Crippen molar-refractivity contribution in [2.45, 2.75) is 6.92 Å². The topological polar surface area (TPSA) is 35.2 Å². The number of rotatable bonds is 2. The SMILES string of the molecule is Cc1cc(Oc2ccc(Cl)cc2Br)c(N)cc1F. The molecule has 94 valence electrons. The van der Waals surface area contributed by atoms with Crippen molar-refractivity contribution in [3.63, 3.8) is 0 Å². The average Bonchev–Trinajstić information content (AvgIpc) is 2.29. The number of aryl methyl sites for hydroxylation is 1. The first-order chi connectivity index (χ1) is 8.47. The van der Waals surface area contributed by atoms with Gasteiger partial charge in [-0.3, -0.25) is 0 Å². The number of anilines is 1. The van der Waals surface area contributed by atoms with Crippen molar-refractivity contribution in [2.24, 2.45) is 0 Å². The molecule has 2 aromatic rings. The summed E-state index contributed by atoms with van der Waals surface area (Å²) in [5.74, 6) is 0.629. The summed E-state index contributed by atoms with van der Waals surface area (Å²) in [5, 5.41) is 0.595. The molecule has 0 radical (unpaired) electrons. The summed E-state index contributed by atoms with van der Waals surface area (Å²) in [4.78, 5) is 0. The molecule has 0 amide bonds. The fraction of sp³-hybridized carbons (Fsp3) is 0.0769. The summed E-state index contributed by atoms with van der Waals surface area (Å²) in [7, 11) is 0. The Morgan fingerprint density at radius 3 is 2.61 bits per heavy atom. The van der Waals surface area contributed by atoms with Crippen LogP contribution in [0.15, 0.2) is 34.8 Å². The fourth-order valence-electron chi connectivity index (χ4n) is 1.44. The molecule has 0 aliphatic heterocycles. The second-order valence-electron chi connectivity index (χ2n) is 3.82. The quantitative estimate of drug-likeness (QED) is 0.793. The van der Waals surface area contributed by atoms with Gasteiger partial charge < -0.3 is 10.5 Å². The lowest BCUT2D eigenvalue weighted by atomic mass is 10.2. The Morgan fingerprint density at radius 2 is 1.94 bits per heavy atom. The molecular weight excluding hydrogens is 321 g/mol. The van der Waals surface area contributed by atoms with E-state index >= 15 is 0 Å². The van der Waals surface area contributed by atoms with Gasteiger partial charge in [0.05, 0.1) is 10.2 Å². The van der Waals surface area contributed by atoms with Crippen molar-refractivity contribution in [1.29, 1.82) is 0 Å². The van der Waals surface area contributed by atoms with Gasteiger partial charge in [0.1, 0.15) is 11.6 Å². The highest BCUT2D eigenvalue weighted by atomic mass is 79.9. The van der Waals surface area contributed by atoms with Crippen LogP contribution in [0.4, 0.5) is 10.1 Å². The van der Waals surface area contributed by atoms with E-state index in [2.05, 4.69) is 15.9 Å². The molecule has 2 aromatic carbocycles. The summed E-state index contributed by atoms with van der Waals surface area (Å²) < 4.78 is 19.6. The molecule has 5 heteroatoms. The number of benzene rings is 2. The Morgan fingerprint density at radius 1 is 1.22 bits per heavy atom. The number of halogens is 3. The van der Waals surface area contributed by atoms with E-state index in [1.165, 1.54) is 6.07 Å². The van der Waals surface area contributed by atoms with E-state index < -0.39 is 0 Å². The van der Waals surface area contributed by atoms with Crippen LogP contribution in [0.25, 0.3) is 0 Å². The number of nitrogen functional groups attached to an aromatic ring is 1. The molecule has 2 N–H and O–H groups in total. The van der Waals surface area contributed by atoms with Gasteiger partial charge in [-0.2, -0.15) is 0 Å². The molecule has 0 saturated heterocycles. The largest absolute Gasteiger partial charge is 0.454 e. The molecule has 0 heterocycles. The van der Waals surface area contributed by atoms with E-state index in [-0.39, 0.29) is 11.5 Å². The molecule has 0 saturated carbocycles. The zero-order valence-electron chi connectivity index (χ0n) is 9.51. The van der Waals surface area contributed by atoms with Gasteiger partial charge in [0.15, 0.2) is 5.75 Å². The lowest BCUT2D eigenvalue weighted by Crippen LogP contribution is -1.95. The van der Waals surface area contributed by atoms with Crippen molar-refractivity contribution in [3.05, 3.63) is 51.2 Å². The van der Waals surface area contributed by atoms with Crippen LogP contribution >= 0.6 is 27.5 Å². The molecule has 2 rings (SSSR count). The average molecular weight is 331 g/mol. The second-order valence-corrected chi connectivity index (χ2v) is 5.11. The Labute approximate surface area is 118 Å². The summed E-state index contributed by atoms with van der Waals surface area (Å²) >= 11 is 9.18. The first-order valence-electron chi connectivity index (χ1n) is 5.16. The Balaban J connectivity index is 2.37. The molecule has 0 unspecified atom stereocenters. The fourth-order valence-corrected chi connectivity index (χ4v) is 2.20. The Bertz CT molecular complexity index is 604. The minimum Gasteiger partial charge on any atom is -0.454 e. The first-order valence-corrected chi connectivity index (χ1v) is 6.33. The minimum absolute atomic E-state index is 0.250. The zero-order valence-corrected chi connectivity index (χ0v) is 11.8. The molecule has 0 aliphatic carbocycles. The Hall–Kier alpha value is -1.26. The molecule has 0 spiro atoms. The van der Waals surface area contributed by atoms with Gasteiger partial charge in [0.2, 0.25) is 0 Å². The van der Waals surface area contributed by atoms with Crippen molar-refractivity contribution < 1.29 is 9.13 Å². The van der Waals surface area contributed by atoms with Crippen LogP contribution in [0.2, 0.25) is 5.02 Å². The van der Waals surface area contributed by atoms with Crippen LogP contribution < -0.4 is 10.5 Å². The summed E-state index contributed by atoms with van der Waals surface area (Å²) in [5.41, 5.74) is 6.44. The number of hydrogen-bond acceptors (Lipinski definition) is 2. The van der Waals surface area contributed by atoms with Crippen molar-refractivity contribution >= 4 is 33.2 Å². The second kappa shape index (κ2) is 5.16. The van der Waals surface area contributed by atoms with E-state index in [1.54, 1.807) is 31.2 Å². The van der Waals surface area contributed by atoms with Crippen LogP contribution in [0.5, 0.6) is 11.5 Å². The molecule has 0 atom stereocenters. The van der Waals surface area contributed by atoms with Crippen molar-refractivity contribution in [1.82, 2.24) is 0 Å². The molecule has 0 aliphatic rings. The maximum atomic E-state index is 13.3. The highest BCUT2D eigenvalue weighted by molar-refractivity contribution is 9.10. The van der Waals surface area contributed by atoms with E-state index in [1.807, 2.05) is 0 Å². The van der Waals surface area contributed by atoms with Gasteiger partial charge in [-0.15, -0.1) is 0 Å². The van der Waals surface area contributed by atoms with Gasteiger partial charge in [-0.25, -0.2) is 4.39 Å². The smallest absolute Gasteiger partial charge is 0.150 e. The minimum atomic E-state index is -0.352. The van der Waals surface area contributed by atoms with Crippen LogP contribution in [0.1, 0.15) is 5.56 Å². The monoisotopic (exact) mass is 329 g/mol. The maximum absolute atomic E-state index is 13.3. The van der Waals surface area contributed by atoms with E-state index in [9.17, 15) is 4.39 Å². The Kier molecular flexibility index (Phi) is 3.78. The van der Waals surface area contributed by atoms with Crippen molar-refractivity contribution in [2.75, 3.05) is 5.73 Å². The third-order valence-corrected chi connectivity index (χ3v) is 3.26. The summed E-state index contributed by atoms with van der Waals surface area (Å²) in [6.45, 7) is 1.65. The summed E-state index contributed by atoms with van der Waals surface area (Å²) in [6, 6.07) is 7.93. The lowest BCUT2D eigenvalue weighted by Gasteiger charge is -2.11. The van der Waals surface area contributed by atoms with Gasteiger partial charge in [0.25, 0.3) is 0 Å². The normalized spacial score (nSPS) is 10.4. The van der Waals surface area contributed by atoms with Crippen LogP contribution in [0, 0.1) is 12.7 Å². The molecule has 18 heavy (non-hydrogen) atoms. The lowest BCUT2D eigenvalue weighted by molar-refractivity contribution is 0.479. The van der Waals surface area contributed by atoms with Gasteiger partial charge in [-0.05, 0) is 52.7 Å². The maximum Gasteiger partial charge on any atom is 0.150 e.